The van der Waals surface area contributed by atoms with Gasteiger partial charge >= 0.3 is 0 Å². The van der Waals surface area contributed by atoms with Gasteiger partial charge < -0.3 is 4.90 Å². The van der Waals surface area contributed by atoms with Crippen LogP contribution in [-0.4, -0.2) is 29.6 Å². The van der Waals surface area contributed by atoms with Gasteiger partial charge in [-0.2, -0.15) is 12.6 Å². The molecule has 0 spiro atoms. The molecule has 1 amide bonds. The van der Waals surface area contributed by atoms with Crippen molar-refractivity contribution in [1.29, 1.82) is 0 Å². The molecule has 2 nitrogen and oxygen atoms in total. The molecule has 3 heteroatoms. The summed E-state index contributed by atoms with van der Waals surface area (Å²) < 4.78 is 0. The van der Waals surface area contributed by atoms with E-state index in [9.17, 15) is 4.79 Å². The van der Waals surface area contributed by atoms with Crippen LogP contribution in [0.1, 0.15) is 46.5 Å². The van der Waals surface area contributed by atoms with Crippen molar-refractivity contribution in [3.63, 3.8) is 0 Å². The van der Waals surface area contributed by atoms with E-state index >= 15 is 0 Å². The standard InChI is InChI=1S/C13H25NOS/c1-13(2,3)11(10-16)9-14-8-6-4-5-7-12(14)15/h11,16H,4-10H2,1-3H3. The van der Waals surface area contributed by atoms with Crippen LogP contribution in [0, 0.1) is 11.3 Å². The molecule has 0 bridgehead atoms. The lowest BCUT2D eigenvalue weighted by molar-refractivity contribution is -0.131. The second-order valence-electron chi connectivity index (χ2n) is 5.90. The topological polar surface area (TPSA) is 20.3 Å². The zero-order valence-corrected chi connectivity index (χ0v) is 11.7. The Morgan fingerprint density at radius 2 is 2.00 bits per heavy atom. The van der Waals surface area contributed by atoms with Gasteiger partial charge in [-0.15, -0.1) is 0 Å². The lowest BCUT2D eigenvalue weighted by Gasteiger charge is -2.34. The Bertz CT molecular complexity index is 235. The fourth-order valence-electron chi connectivity index (χ4n) is 2.10. The summed E-state index contributed by atoms with van der Waals surface area (Å²) in [6, 6.07) is 0. The number of likely N-dealkylation sites (tertiary alicyclic amines) is 1. The number of hydrogen-bond acceptors (Lipinski definition) is 2. The van der Waals surface area contributed by atoms with E-state index in [4.69, 9.17) is 0 Å². The lowest BCUT2D eigenvalue weighted by atomic mass is 9.81. The molecule has 1 unspecified atom stereocenters. The van der Waals surface area contributed by atoms with Crippen molar-refractivity contribution in [1.82, 2.24) is 4.90 Å². The predicted molar refractivity (Wildman–Crippen MR) is 71.8 cm³/mol. The smallest absolute Gasteiger partial charge is 0.222 e. The Balaban J connectivity index is 2.59. The third-order valence-electron chi connectivity index (χ3n) is 3.56. The first-order chi connectivity index (χ1) is 7.45. The normalized spacial score (nSPS) is 20.8. The summed E-state index contributed by atoms with van der Waals surface area (Å²) in [4.78, 5) is 13.9. The molecule has 0 saturated carbocycles. The third kappa shape index (κ3) is 4.00. The molecule has 0 aliphatic carbocycles. The molecular formula is C13H25NOS. The molecule has 0 N–H and O–H groups in total. The molecule has 1 heterocycles. The van der Waals surface area contributed by atoms with E-state index in [-0.39, 0.29) is 5.41 Å². The molecule has 16 heavy (non-hydrogen) atoms. The quantitative estimate of drug-likeness (QED) is 0.756. The Morgan fingerprint density at radius 3 is 2.56 bits per heavy atom. The molecule has 1 saturated heterocycles. The number of rotatable bonds is 3. The van der Waals surface area contributed by atoms with E-state index in [1.807, 2.05) is 0 Å². The van der Waals surface area contributed by atoms with Crippen LogP contribution < -0.4 is 0 Å². The molecule has 1 atom stereocenters. The van der Waals surface area contributed by atoms with Gasteiger partial charge in [0, 0.05) is 19.5 Å². The van der Waals surface area contributed by atoms with Crippen LogP contribution in [0.4, 0.5) is 0 Å². The zero-order chi connectivity index (χ0) is 12.2. The van der Waals surface area contributed by atoms with E-state index in [1.165, 1.54) is 6.42 Å². The van der Waals surface area contributed by atoms with E-state index in [2.05, 4.69) is 38.3 Å². The summed E-state index contributed by atoms with van der Waals surface area (Å²) in [5.74, 6) is 1.68. The van der Waals surface area contributed by atoms with Crippen LogP contribution in [-0.2, 0) is 4.79 Å². The highest BCUT2D eigenvalue weighted by Gasteiger charge is 2.27. The Hall–Kier alpha value is -0.180. The van der Waals surface area contributed by atoms with Gasteiger partial charge in [-0.3, -0.25) is 4.79 Å². The van der Waals surface area contributed by atoms with Gasteiger partial charge in [0.2, 0.25) is 5.91 Å². The maximum atomic E-state index is 11.9. The average molecular weight is 243 g/mol. The molecular weight excluding hydrogens is 218 g/mol. The molecule has 0 aromatic carbocycles. The van der Waals surface area contributed by atoms with Crippen LogP contribution >= 0.6 is 12.6 Å². The van der Waals surface area contributed by atoms with Crippen molar-refractivity contribution >= 4 is 18.5 Å². The van der Waals surface area contributed by atoms with Crippen molar-refractivity contribution in [3.05, 3.63) is 0 Å². The van der Waals surface area contributed by atoms with Crippen molar-refractivity contribution in [2.75, 3.05) is 18.8 Å². The summed E-state index contributed by atoms with van der Waals surface area (Å²) >= 11 is 4.43. The largest absolute Gasteiger partial charge is 0.342 e. The van der Waals surface area contributed by atoms with E-state index in [0.717, 1.165) is 38.1 Å². The minimum Gasteiger partial charge on any atom is -0.342 e. The van der Waals surface area contributed by atoms with Gasteiger partial charge in [0.05, 0.1) is 0 Å². The SMILES string of the molecule is CC(C)(C)C(CS)CN1CCCCCC1=O. The van der Waals surface area contributed by atoms with Crippen molar-refractivity contribution in [2.24, 2.45) is 11.3 Å². The minimum absolute atomic E-state index is 0.230. The molecule has 0 aromatic rings. The number of amides is 1. The van der Waals surface area contributed by atoms with Crippen LogP contribution in [0.2, 0.25) is 0 Å². The Morgan fingerprint density at radius 1 is 1.31 bits per heavy atom. The monoisotopic (exact) mass is 243 g/mol. The Labute approximate surface area is 105 Å². The van der Waals surface area contributed by atoms with Gasteiger partial charge in [-0.05, 0) is 29.9 Å². The highest BCUT2D eigenvalue weighted by atomic mass is 32.1. The number of thiol groups is 1. The minimum atomic E-state index is 0.230. The highest BCUT2D eigenvalue weighted by molar-refractivity contribution is 7.80. The first kappa shape index (κ1) is 13.9. The van der Waals surface area contributed by atoms with E-state index in [1.54, 1.807) is 0 Å². The van der Waals surface area contributed by atoms with Crippen LogP contribution in [0.3, 0.4) is 0 Å². The summed E-state index contributed by atoms with van der Waals surface area (Å²) in [6.45, 7) is 8.52. The fraction of sp³-hybridized carbons (Fsp3) is 0.923. The molecule has 1 aliphatic rings. The maximum absolute atomic E-state index is 11.9. The van der Waals surface area contributed by atoms with Gasteiger partial charge in [-0.1, -0.05) is 27.2 Å². The van der Waals surface area contributed by atoms with Crippen molar-refractivity contribution < 1.29 is 4.79 Å². The fourth-order valence-corrected chi connectivity index (χ4v) is 2.77. The van der Waals surface area contributed by atoms with Crippen molar-refractivity contribution in [3.8, 4) is 0 Å². The Kier molecular flexibility index (Phi) is 5.16. The first-order valence-electron chi connectivity index (χ1n) is 6.34. The summed E-state index contributed by atoms with van der Waals surface area (Å²) in [5.41, 5.74) is 0.230. The summed E-state index contributed by atoms with van der Waals surface area (Å²) in [5, 5.41) is 0. The molecule has 1 fully saturated rings. The number of nitrogens with zero attached hydrogens (tertiary/aromatic N) is 1. The number of hydrogen-bond donors (Lipinski definition) is 1. The molecule has 1 aliphatic heterocycles. The molecule has 94 valence electrons. The maximum Gasteiger partial charge on any atom is 0.222 e. The van der Waals surface area contributed by atoms with Crippen LogP contribution in [0.15, 0.2) is 0 Å². The highest BCUT2D eigenvalue weighted by Crippen LogP contribution is 2.28. The second-order valence-corrected chi connectivity index (χ2v) is 6.26. The summed E-state index contributed by atoms with van der Waals surface area (Å²) in [6.07, 6.45) is 4.16. The lowest BCUT2D eigenvalue weighted by Crippen LogP contribution is -2.39. The van der Waals surface area contributed by atoms with Gasteiger partial charge in [0.25, 0.3) is 0 Å². The number of carbonyl (C=O) groups excluding carboxylic acids is 1. The average Bonchev–Trinajstić information content (AvgIpc) is 2.38. The van der Waals surface area contributed by atoms with Crippen LogP contribution in [0.25, 0.3) is 0 Å². The molecule has 0 aromatic heterocycles. The molecule has 0 radical (unpaired) electrons. The van der Waals surface area contributed by atoms with Gasteiger partial charge in [-0.25, -0.2) is 0 Å². The van der Waals surface area contributed by atoms with Crippen molar-refractivity contribution in [2.45, 2.75) is 46.5 Å². The first-order valence-corrected chi connectivity index (χ1v) is 6.97. The predicted octanol–water partition coefficient (Wildman–Crippen LogP) is 2.98. The third-order valence-corrected chi connectivity index (χ3v) is 4.00. The summed E-state index contributed by atoms with van der Waals surface area (Å²) in [7, 11) is 0. The second kappa shape index (κ2) is 5.95. The number of carbonyl (C=O) groups is 1. The van der Waals surface area contributed by atoms with E-state index < -0.39 is 0 Å². The van der Waals surface area contributed by atoms with Gasteiger partial charge in [0.15, 0.2) is 0 Å². The van der Waals surface area contributed by atoms with Gasteiger partial charge in [0.1, 0.15) is 0 Å². The molecule has 1 rings (SSSR count). The zero-order valence-electron chi connectivity index (χ0n) is 10.8. The van der Waals surface area contributed by atoms with Crippen LogP contribution in [0.5, 0.6) is 0 Å². The van der Waals surface area contributed by atoms with E-state index in [0.29, 0.717) is 11.8 Å².